The Kier molecular flexibility index (Phi) is 9.87. The van der Waals surface area contributed by atoms with Crippen molar-refractivity contribution >= 4 is 0 Å². The standard InChI is InChI=1S/C18H34O2/c1-5-7-8-9-10-11-12-13-14-16-18(4,20)17(3,19)15-6-2/h5-6,19-20H,1-2,7-16H2,3-4H3. The van der Waals surface area contributed by atoms with Gasteiger partial charge in [-0.25, -0.2) is 0 Å². The molecule has 2 unspecified atom stereocenters. The van der Waals surface area contributed by atoms with Crippen LogP contribution in [0.1, 0.15) is 78.1 Å². The smallest absolute Gasteiger partial charge is 0.0936 e. The highest BCUT2D eigenvalue weighted by molar-refractivity contribution is 4.97. The summed E-state index contributed by atoms with van der Waals surface area (Å²) in [5, 5.41) is 20.6. The zero-order chi connectivity index (χ0) is 15.5. The Bertz CT molecular complexity index is 267. The van der Waals surface area contributed by atoms with Crippen LogP contribution in [0.3, 0.4) is 0 Å². The lowest BCUT2D eigenvalue weighted by Gasteiger charge is -2.38. The molecule has 2 atom stereocenters. The van der Waals surface area contributed by atoms with Gasteiger partial charge in [0.15, 0.2) is 0 Å². The number of hydrogen-bond donors (Lipinski definition) is 2. The summed E-state index contributed by atoms with van der Waals surface area (Å²) in [5.74, 6) is 0. The van der Waals surface area contributed by atoms with Crippen LogP contribution >= 0.6 is 0 Å². The first-order chi connectivity index (χ1) is 9.37. The summed E-state index contributed by atoms with van der Waals surface area (Å²) in [5.41, 5.74) is -2.12. The first-order valence-corrected chi connectivity index (χ1v) is 8.04. The molecule has 20 heavy (non-hydrogen) atoms. The molecule has 0 spiro atoms. The third-order valence-corrected chi connectivity index (χ3v) is 4.27. The first kappa shape index (κ1) is 19.4. The van der Waals surface area contributed by atoms with Gasteiger partial charge in [0.1, 0.15) is 0 Å². The molecule has 0 amide bonds. The summed E-state index contributed by atoms with van der Waals surface area (Å²) in [7, 11) is 0. The SMILES string of the molecule is C=CCCCCCCCCCC(C)(O)C(C)(O)CC=C. The summed E-state index contributed by atoms with van der Waals surface area (Å²) in [6, 6.07) is 0. The highest BCUT2D eigenvalue weighted by atomic mass is 16.4. The van der Waals surface area contributed by atoms with Crippen molar-refractivity contribution in [1.82, 2.24) is 0 Å². The summed E-state index contributed by atoms with van der Waals surface area (Å²) in [4.78, 5) is 0. The minimum atomic E-state index is -1.08. The fourth-order valence-corrected chi connectivity index (χ4v) is 2.41. The topological polar surface area (TPSA) is 40.5 Å². The van der Waals surface area contributed by atoms with Crippen LogP contribution in [-0.2, 0) is 0 Å². The lowest BCUT2D eigenvalue weighted by atomic mass is 9.79. The minimum Gasteiger partial charge on any atom is -0.387 e. The van der Waals surface area contributed by atoms with Crippen molar-refractivity contribution in [3.63, 3.8) is 0 Å². The van der Waals surface area contributed by atoms with Crippen LogP contribution < -0.4 is 0 Å². The molecule has 0 aliphatic carbocycles. The fraction of sp³-hybridized carbons (Fsp3) is 0.778. The molecule has 2 N–H and O–H groups in total. The van der Waals surface area contributed by atoms with E-state index >= 15 is 0 Å². The fourth-order valence-electron chi connectivity index (χ4n) is 2.41. The molecule has 0 rings (SSSR count). The quantitative estimate of drug-likeness (QED) is 0.377. The van der Waals surface area contributed by atoms with Crippen molar-refractivity contribution in [3.05, 3.63) is 25.3 Å². The molecule has 0 heterocycles. The van der Waals surface area contributed by atoms with Gasteiger partial charge in [-0.2, -0.15) is 0 Å². The van der Waals surface area contributed by atoms with Crippen LogP contribution in [0, 0.1) is 0 Å². The second-order valence-electron chi connectivity index (χ2n) is 6.34. The van der Waals surface area contributed by atoms with E-state index < -0.39 is 11.2 Å². The Balaban J connectivity index is 3.67. The Hall–Kier alpha value is -0.600. The number of aliphatic hydroxyl groups is 2. The van der Waals surface area contributed by atoms with Crippen molar-refractivity contribution < 1.29 is 10.2 Å². The molecular weight excluding hydrogens is 248 g/mol. The third-order valence-electron chi connectivity index (χ3n) is 4.27. The summed E-state index contributed by atoms with van der Waals surface area (Å²) < 4.78 is 0. The van der Waals surface area contributed by atoms with Gasteiger partial charge in [0.2, 0.25) is 0 Å². The molecule has 2 nitrogen and oxygen atoms in total. The lowest BCUT2D eigenvalue weighted by Crippen LogP contribution is -2.49. The van der Waals surface area contributed by atoms with Crippen molar-refractivity contribution in [2.45, 2.75) is 89.3 Å². The molecule has 0 bridgehead atoms. The second kappa shape index (κ2) is 10.2. The molecule has 0 aliphatic heterocycles. The van der Waals surface area contributed by atoms with Gasteiger partial charge in [-0.15, -0.1) is 13.2 Å². The molecule has 0 aromatic heterocycles. The van der Waals surface area contributed by atoms with Gasteiger partial charge in [0.25, 0.3) is 0 Å². The molecule has 0 aromatic carbocycles. The number of allylic oxidation sites excluding steroid dienone is 1. The van der Waals surface area contributed by atoms with E-state index in [0.29, 0.717) is 12.8 Å². The normalized spacial score (nSPS) is 17.2. The highest BCUT2D eigenvalue weighted by Crippen LogP contribution is 2.30. The van der Waals surface area contributed by atoms with E-state index in [1.807, 2.05) is 6.08 Å². The molecule has 0 radical (unpaired) electrons. The lowest BCUT2D eigenvalue weighted by molar-refractivity contribution is -0.133. The number of unbranched alkanes of at least 4 members (excludes halogenated alkanes) is 7. The number of hydrogen-bond acceptors (Lipinski definition) is 2. The summed E-state index contributed by atoms with van der Waals surface area (Å²) >= 11 is 0. The van der Waals surface area contributed by atoms with Gasteiger partial charge in [-0.1, -0.05) is 50.7 Å². The van der Waals surface area contributed by atoms with Crippen LogP contribution in [-0.4, -0.2) is 21.4 Å². The average molecular weight is 282 g/mol. The van der Waals surface area contributed by atoms with E-state index in [1.54, 1.807) is 19.9 Å². The Labute approximate surface area is 125 Å². The largest absolute Gasteiger partial charge is 0.387 e. The molecule has 2 heteroatoms. The van der Waals surface area contributed by atoms with Crippen LogP contribution in [0.2, 0.25) is 0 Å². The van der Waals surface area contributed by atoms with Crippen LogP contribution in [0.25, 0.3) is 0 Å². The van der Waals surface area contributed by atoms with Crippen LogP contribution in [0.5, 0.6) is 0 Å². The maximum absolute atomic E-state index is 10.4. The van der Waals surface area contributed by atoms with Gasteiger partial charge in [-0.05, 0) is 39.5 Å². The molecule has 0 saturated carbocycles. The first-order valence-electron chi connectivity index (χ1n) is 8.04. The molecule has 0 fully saturated rings. The minimum absolute atomic E-state index is 0.420. The zero-order valence-electron chi connectivity index (χ0n) is 13.5. The van der Waals surface area contributed by atoms with E-state index in [1.165, 1.54) is 32.1 Å². The van der Waals surface area contributed by atoms with E-state index in [2.05, 4.69) is 13.2 Å². The highest BCUT2D eigenvalue weighted by Gasteiger charge is 2.39. The van der Waals surface area contributed by atoms with Gasteiger partial charge in [0, 0.05) is 0 Å². The summed E-state index contributed by atoms with van der Waals surface area (Å²) in [6.45, 7) is 10.8. The molecule has 118 valence electrons. The monoisotopic (exact) mass is 282 g/mol. The van der Waals surface area contributed by atoms with Gasteiger partial charge >= 0.3 is 0 Å². The Morgan fingerprint density at radius 3 is 1.75 bits per heavy atom. The van der Waals surface area contributed by atoms with Crippen LogP contribution in [0.15, 0.2) is 25.3 Å². The Morgan fingerprint density at radius 2 is 1.25 bits per heavy atom. The van der Waals surface area contributed by atoms with E-state index in [0.717, 1.165) is 19.3 Å². The van der Waals surface area contributed by atoms with Crippen molar-refractivity contribution in [2.24, 2.45) is 0 Å². The van der Waals surface area contributed by atoms with E-state index in [-0.39, 0.29) is 0 Å². The predicted molar refractivity (Wildman–Crippen MR) is 87.8 cm³/mol. The molecule has 0 saturated heterocycles. The second-order valence-corrected chi connectivity index (χ2v) is 6.34. The zero-order valence-corrected chi connectivity index (χ0v) is 13.5. The molecule has 0 aliphatic rings. The van der Waals surface area contributed by atoms with E-state index in [9.17, 15) is 10.2 Å². The summed E-state index contributed by atoms with van der Waals surface area (Å²) in [6.07, 6.45) is 14.2. The maximum Gasteiger partial charge on any atom is 0.0936 e. The van der Waals surface area contributed by atoms with Crippen LogP contribution in [0.4, 0.5) is 0 Å². The number of rotatable bonds is 13. The molecule has 0 aromatic rings. The average Bonchev–Trinajstić information content (AvgIpc) is 2.36. The van der Waals surface area contributed by atoms with E-state index in [4.69, 9.17) is 0 Å². The van der Waals surface area contributed by atoms with Gasteiger partial charge < -0.3 is 10.2 Å². The van der Waals surface area contributed by atoms with Crippen molar-refractivity contribution in [1.29, 1.82) is 0 Å². The Morgan fingerprint density at radius 1 is 0.750 bits per heavy atom. The van der Waals surface area contributed by atoms with Gasteiger partial charge in [0.05, 0.1) is 11.2 Å². The predicted octanol–water partition coefficient (Wildman–Crippen LogP) is 4.76. The molecular formula is C18H34O2. The maximum atomic E-state index is 10.4. The van der Waals surface area contributed by atoms with Gasteiger partial charge in [-0.3, -0.25) is 0 Å². The third kappa shape index (κ3) is 7.86. The van der Waals surface area contributed by atoms with Crippen molar-refractivity contribution in [2.75, 3.05) is 0 Å². The van der Waals surface area contributed by atoms with Crippen molar-refractivity contribution in [3.8, 4) is 0 Å².